The van der Waals surface area contributed by atoms with Crippen LogP contribution in [0.4, 0.5) is 0 Å². The fraction of sp³-hybridized carbons (Fsp3) is 0.619. The lowest BCUT2D eigenvalue weighted by Crippen LogP contribution is -2.48. The van der Waals surface area contributed by atoms with Crippen molar-refractivity contribution >= 4 is 11.8 Å². The molecule has 3 aliphatic rings. The van der Waals surface area contributed by atoms with Crippen LogP contribution in [0.25, 0.3) is 0 Å². The average molecular weight is 340 g/mol. The predicted octanol–water partition coefficient (Wildman–Crippen LogP) is 3.09. The molecule has 0 bridgehead atoms. The Morgan fingerprint density at radius 3 is 2.56 bits per heavy atom. The van der Waals surface area contributed by atoms with E-state index in [9.17, 15) is 9.59 Å². The van der Waals surface area contributed by atoms with E-state index in [0.717, 1.165) is 58.0 Å². The highest BCUT2D eigenvalue weighted by atomic mass is 16.2. The van der Waals surface area contributed by atoms with E-state index in [1.807, 2.05) is 11.0 Å². The van der Waals surface area contributed by atoms with Gasteiger partial charge in [0.25, 0.3) is 0 Å². The topological polar surface area (TPSA) is 49.4 Å². The lowest BCUT2D eigenvalue weighted by molar-refractivity contribution is -0.141. The number of likely N-dealkylation sites (tertiary alicyclic amines) is 1. The first-order chi connectivity index (χ1) is 12.2. The molecule has 1 aliphatic heterocycles. The van der Waals surface area contributed by atoms with E-state index in [1.54, 1.807) is 0 Å². The van der Waals surface area contributed by atoms with Gasteiger partial charge >= 0.3 is 0 Å². The van der Waals surface area contributed by atoms with Crippen LogP contribution in [-0.4, -0.2) is 35.8 Å². The van der Waals surface area contributed by atoms with Crippen molar-refractivity contribution in [2.75, 3.05) is 13.1 Å². The van der Waals surface area contributed by atoms with Gasteiger partial charge in [0.2, 0.25) is 11.8 Å². The summed E-state index contributed by atoms with van der Waals surface area (Å²) in [6.45, 7) is 1.49. The summed E-state index contributed by atoms with van der Waals surface area (Å²) in [5, 5.41) is 3.13. The summed E-state index contributed by atoms with van der Waals surface area (Å²) in [4.78, 5) is 27.2. The van der Waals surface area contributed by atoms with Crippen LogP contribution in [0.2, 0.25) is 0 Å². The molecule has 4 heteroatoms. The molecule has 1 aromatic carbocycles. The average Bonchev–Trinajstić information content (AvgIpc) is 3.05. The van der Waals surface area contributed by atoms with Crippen LogP contribution >= 0.6 is 0 Å². The second-order valence-electron chi connectivity index (χ2n) is 7.93. The molecule has 0 spiro atoms. The van der Waals surface area contributed by atoms with Crippen LogP contribution in [0.1, 0.15) is 56.4 Å². The van der Waals surface area contributed by atoms with Gasteiger partial charge in [-0.2, -0.15) is 0 Å². The number of hydrogen-bond donors (Lipinski definition) is 1. The molecule has 2 saturated carbocycles. The molecule has 1 heterocycles. The van der Waals surface area contributed by atoms with Crippen LogP contribution in [0, 0.1) is 11.8 Å². The third kappa shape index (κ3) is 3.58. The minimum absolute atomic E-state index is 0.0579. The number of carbonyl (C=O) groups is 2. The molecule has 0 aromatic heterocycles. The Morgan fingerprint density at radius 2 is 1.80 bits per heavy atom. The van der Waals surface area contributed by atoms with Gasteiger partial charge in [0.1, 0.15) is 6.04 Å². The van der Waals surface area contributed by atoms with E-state index < -0.39 is 0 Å². The molecular formula is C21H28N2O2. The Hall–Kier alpha value is -1.84. The molecular weight excluding hydrogens is 312 g/mol. The molecule has 1 saturated heterocycles. The summed E-state index contributed by atoms with van der Waals surface area (Å²) >= 11 is 0. The van der Waals surface area contributed by atoms with E-state index in [4.69, 9.17) is 0 Å². The first-order valence-electron chi connectivity index (χ1n) is 9.87. The van der Waals surface area contributed by atoms with Gasteiger partial charge in [0, 0.05) is 19.0 Å². The molecule has 4 rings (SSSR count). The fourth-order valence-corrected chi connectivity index (χ4v) is 4.64. The largest absolute Gasteiger partial charge is 0.354 e. The van der Waals surface area contributed by atoms with Crippen molar-refractivity contribution in [3.8, 4) is 0 Å². The normalized spacial score (nSPS) is 29.0. The SMILES string of the molecule is O=C(NC[C@@H]1C[C@H]1c1ccccc1)[C@@H]1CCCN1C(=O)C1CCCC1. The third-order valence-corrected chi connectivity index (χ3v) is 6.23. The van der Waals surface area contributed by atoms with Crippen molar-refractivity contribution in [2.24, 2.45) is 11.8 Å². The van der Waals surface area contributed by atoms with E-state index >= 15 is 0 Å². The van der Waals surface area contributed by atoms with Gasteiger partial charge in [-0.3, -0.25) is 9.59 Å². The standard InChI is InChI=1S/C21H28N2O2/c24-20(22-14-17-13-18(17)15-7-2-1-3-8-15)19-11-6-12-23(19)21(25)16-9-4-5-10-16/h1-3,7-8,16-19H,4-6,9-14H2,(H,22,24)/t17-,18-,19-/m0/s1. The predicted molar refractivity (Wildman–Crippen MR) is 97.0 cm³/mol. The highest BCUT2D eigenvalue weighted by Gasteiger charge is 2.40. The first-order valence-corrected chi connectivity index (χ1v) is 9.87. The van der Waals surface area contributed by atoms with Crippen molar-refractivity contribution in [3.63, 3.8) is 0 Å². The smallest absolute Gasteiger partial charge is 0.242 e. The highest BCUT2D eigenvalue weighted by molar-refractivity contribution is 5.89. The van der Waals surface area contributed by atoms with E-state index in [1.165, 1.54) is 5.56 Å². The van der Waals surface area contributed by atoms with Gasteiger partial charge in [-0.1, -0.05) is 43.2 Å². The summed E-state index contributed by atoms with van der Waals surface area (Å²) in [7, 11) is 0. The van der Waals surface area contributed by atoms with Gasteiger partial charge in [0.15, 0.2) is 0 Å². The number of carbonyl (C=O) groups excluding carboxylic acids is 2. The molecule has 1 N–H and O–H groups in total. The zero-order chi connectivity index (χ0) is 17.2. The monoisotopic (exact) mass is 340 g/mol. The summed E-state index contributed by atoms with van der Waals surface area (Å²) in [6, 6.07) is 10.3. The lowest BCUT2D eigenvalue weighted by atomic mass is 10.1. The Labute approximate surface area is 150 Å². The maximum absolute atomic E-state index is 12.7. The van der Waals surface area contributed by atoms with Crippen LogP contribution in [0.5, 0.6) is 0 Å². The fourth-order valence-electron chi connectivity index (χ4n) is 4.64. The molecule has 2 aliphatic carbocycles. The summed E-state index contributed by atoms with van der Waals surface area (Å²) in [5.74, 6) is 1.58. The van der Waals surface area contributed by atoms with Gasteiger partial charge in [-0.15, -0.1) is 0 Å². The maximum atomic E-state index is 12.7. The van der Waals surface area contributed by atoms with Crippen LogP contribution < -0.4 is 5.32 Å². The zero-order valence-corrected chi connectivity index (χ0v) is 14.8. The summed E-state index contributed by atoms with van der Waals surface area (Å²) in [6.07, 6.45) is 7.24. The van der Waals surface area contributed by atoms with Crippen LogP contribution in [0.15, 0.2) is 30.3 Å². The van der Waals surface area contributed by atoms with Crippen molar-refractivity contribution in [2.45, 2.75) is 56.9 Å². The van der Waals surface area contributed by atoms with Gasteiger partial charge in [0.05, 0.1) is 0 Å². The number of hydrogen-bond acceptors (Lipinski definition) is 2. The van der Waals surface area contributed by atoms with Gasteiger partial charge < -0.3 is 10.2 Å². The number of nitrogens with one attached hydrogen (secondary N) is 1. The first kappa shape index (κ1) is 16.6. The number of rotatable bonds is 5. The molecule has 2 amide bonds. The van der Waals surface area contributed by atoms with E-state index in [0.29, 0.717) is 11.8 Å². The summed E-state index contributed by atoms with van der Waals surface area (Å²) < 4.78 is 0. The molecule has 1 aromatic rings. The molecule has 134 valence electrons. The molecule has 4 nitrogen and oxygen atoms in total. The molecule has 3 atom stereocenters. The highest BCUT2D eigenvalue weighted by Crippen LogP contribution is 2.46. The Morgan fingerprint density at radius 1 is 1.04 bits per heavy atom. The number of benzene rings is 1. The van der Waals surface area contributed by atoms with Crippen LogP contribution in [0.3, 0.4) is 0 Å². The van der Waals surface area contributed by atoms with Crippen LogP contribution in [-0.2, 0) is 9.59 Å². The van der Waals surface area contributed by atoms with Crippen molar-refractivity contribution < 1.29 is 9.59 Å². The number of amides is 2. The number of nitrogens with zero attached hydrogens (tertiary/aromatic N) is 1. The van der Waals surface area contributed by atoms with Gasteiger partial charge in [-0.05, 0) is 49.5 Å². The maximum Gasteiger partial charge on any atom is 0.242 e. The van der Waals surface area contributed by atoms with E-state index in [-0.39, 0.29) is 23.8 Å². The minimum atomic E-state index is -0.234. The Kier molecular flexibility index (Phi) is 4.78. The van der Waals surface area contributed by atoms with Crippen molar-refractivity contribution in [1.82, 2.24) is 10.2 Å². The van der Waals surface area contributed by atoms with Crippen molar-refractivity contribution in [3.05, 3.63) is 35.9 Å². The Balaban J connectivity index is 1.28. The molecule has 0 radical (unpaired) electrons. The zero-order valence-electron chi connectivity index (χ0n) is 14.8. The molecule has 3 fully saturated rings. The Bertz CT molecular complexity index is 624. The molecule has 25 heavy (non-hydrogen) atoms. The second kappa shape index (κ2) is 7.19. The minimum Gasteiger partial charge on any atom is -0.354 e. The molecule has 0 unspecified atom stereocenters. The summed E-state index contributed by atoms with van der Waals surface area (Å²) in [5.41, 5.74) is 1.38. The lowest BCUT2D eigenvalue weighted by Gasteiger charge is -2.26. The van der Waals surface area contributed by atoms with E-state index in [2.05, 4.69) is 29.6 Å². The quantitative estimate of drug-likeness (QED) is 0.895. The second-order valence-corrected chi connectivity index (χ2v) is 7.93. The van der Waals surface area contributed by atoms with Gasteiger partial charge in [-0.25, -0.2) is 0 Å². The van der Waals surface area contributed by atoms with Crippen molar-refractivity contribution in [1.29, 1.82) is 0 Å². The third-order valence-electron chi connectivity index (χ3n) is 6.23.